The Balaban J connectivity index is 0.00000253. The van der Waals surface area contributed by atoms with Crippen LogP contribution in [0.1, 0.15) is 48.8 Å². The van der Waals surface area contributed by atoms with E-state index in [0.29, 0.717) is 45.2 Å². The van der Waals surface area contributed by atoms with Crippen LogP contribution >= 0.6 is 12.4 Å². The molecule has 2 aliphatic heterocycles. The van der Waals surface area contributed by atoms with Crippen molar-refractivity contribution >= 4 is 24.2 Å². The van der Waals surface area contributed by atoms with Crippen LogP contribution in [0.25, 0.3) is 0 Å². The van der Waals surface area contributed by atoms with Gasteiger partial charge in [-0.1, -0.05) is 66.7 Å². The molecular weight excluding hydrogens is 572 g/mol. The van der Waals surface area contributed by atoms with Crippen molar-refractivity contribution in [2.75, 3.05) is 40.3 Å². The number of halogens is 3. The van der Waals surface area contributed by atoms with E-state index in [1.807, 2.05) is 67.5 Å². The monoisotopic (exact) mass is 613 g/mol. The van der Waals surface area contributed by atoms with Gasteiger partial charge in [-0.15, -0.1) is 12.4 Å². The molecule has 3 aromatic rings. The van der Waals surface area contributed by atoms with Crippen LogP contribution in [0.2, 0.25) is 0 Å². The second kappa shape index (κ2) is 14.4. The summed E-state index contributed by atoms with van der Waals surface area (Å²) in [6.07, 6.45) is 3.08. The molecule has 2 amide bonds. The molecule has 3 aromatic carbocycles. The molecule has 2 heterocycles. The lowest BCUT2D eigenvalue weighted by molar-refractivity contribution is -0.137. The zero-order valence-corrected chi connectivity index (χ0v) is 25.7. The van der Waals surface area contributed by atoms with Gasteiger partial charge in [0.25, 0.3) is 0 Å². The molecule has 0 aromatic heterocycles. The number of benzene rings is 3. The standard InChI is InChI=1S/C34H39F2N3O2.ClH.H2O/c1-37(2)32(41)34(27-11-7-4-8-12-27)18-21-38(22-19-34)20-17-33(28-13-14-29(35)30(36)23-28)16-15-31(40)39(25-33)24-26-9-5-3-6-10-26;;/h3-14,23H,15-22,24-25H2,1-2H3;1H;1H2. The topological polar surface area (TPSA) is 75.4 Å². The van der Waals surface area contributed by atoms with Gasteiger partial charge in [0.15, 0.2) is 11.6 Å². The van der Waals surface area contributed by atoms with Crippen LogP contribution in [0.5, 0.6) is 0 Å². The van der Waals surface area contributed by atoms with Gasteiger partial charge in [0, 0.05) is 39.0 Å². The Morgan fingerprint density at radius 2 is 1.49 bits per heavy atom. The van der Waals surface area contributed by atoms with Gasteiger partial charge in [-0.25, -0.2) is 8.78 Å². The maximum Gasteiger partial charge on any atom is 0.232 e. The quantitative estimate of drug-likeness (QED) is 0.353. The third kappa shape index (κ3) is 7.25. The van der Waals surface area contributed by atoms with Gasteiger partial charge in [0.1, 0.15) is 0 Å². The molecule has 0 aliphatic carbocycles. The normalized spacial score (nSPS) is 20.1. The summed E-state index contributed by atoms with van der Waals surface area (Å²) in [5.74, 6) is -1.51. The molecule has 5 rings (SSSR count). The van der Waals surface area contributed by atoms with E-state index < -0.39 is 22.5 Å². The smallest absolute Gasteiger partial charge is 0.232 e. The fourth-order valence-corrected chi connectivity index (χ4v) is 6.74. The molecule has 1 atom stereocenters. The Labute approximate surface area is 259 Å². The summed E-state index contributed by atoms with van der Waals surface area (Å²) in [6.45, 7) is 3.20. The van der Waals surface area contributed by atoms with Gasteiger partial charge in [0.2, 0.25) is 11.8 Å². The van der Waals surface area contributed by atoms with E-state index in [4.69, 9.17) is 0 Å². The number of likely N-dealkylation sites (tertiary alicyclic amines) is 2. The molecule has 0 bridgehead atoms. The van der Waals surface area contributed by atoms with E-state index in [1.165, 1.54) is 12.1 Å². The lowest BCUT2D eigenvalue weighted by atomic mass is 9.70. The number of hydrogen-bond donors (Lipinski definition) is 0. The molecule has 2 fully saturated rings. The number of likely N-dealkylation sites (N-methyl/N-ethyl adjacent to an activating group) is 1. The summed E-state index contributed by atoms with van der Waals surface area (Å²) < 4.78 is 28.5. The second-order valence-electron chi connectivity index (χ2n) is 11.9. The van der Waals surface area contributed by atoms with Gasteiger partial charge in [-0.2, -0.15) is 0 Å². The fraction of sp³-hybridized carbons (Fsp3) is 0.412. The molecule has 2 N–H and O–H groups in total. The Morgan fingerprint density at radius 3 is 2.09 bits per heavy atom. The van der Waals surface area contributed by atoms with Crippen molar-refractivity contribution in [3.63, 3.8) is 0 Å². The summed E-state index contributed by atoms with van der Waals surface area (Å²) in [5.41, 5.74) is 1.79. The van der Waals surface area contributed by atoms with Crippen molar-refractivity contribution in [3.05, 3.63) is 107 Å². The Morgan fingerprint density at radius 1 is 0.860 bits per heavy atom. The van der Waals surface area contributed by atoms with Crippen LogP contribution in [-0.4, -0.2) is 72.3 Å². The molecule has 2 saturated heterocycles. The van der Waals surface area contributed by atoms with E-state index in [2.05, 4.69) is 17.0 Å². The molecule has 9 heteroatoms. The van der Waals surface area contributed by atoms with Crippen LogP contribution in [-0.2, 0) is 27.0 Å². The minimum Gasteiger partial charge on any atom is -0.412 e. The SMILES string of the molecule is CN(C)C(=O)C1(c2ccccc2)CCN(CCC2(c3ccc(F)c(F)c3)CCC(=O)N(Cc3ccccc3)C2)CC1.Cl.O. The molecular formula is C34H42ClF2N3O3. The highest BCUT2D eigenvalue weighted by atomic mass is 35.5. The van der Waals surface area contributed by atoms with E-state index >= 15 is 0 Å². The van der Waals surface area contributed by atoms with Crippen LogP contribution in [0.15, 0.2) is 78.9 Å². The van der Waals surface area contributed by atoms with Gasteiger partial charge in [-0.05, 0) is 74.1 Å². The fourth-order valence-electron chi connectivity index (χ4n) is 6.74. The van der Waals surface area contributed by atoms with Crippen molar-refractivity contribution in [2.45, 2.75) is 49.5 Å². The largest absolute Gasteiger partial charge is 0.412 e. The predicted molar refractivity (Wildman–Crippen MR) is 167 cm³/mol. The Hall–Kier alpha value is -3.33. The number of piperidine rings is 2. The zero-order chi connectivity index (χ0) is 29.0. The summed E-state index contributed by atoms with van der Waals surface area (Å²) >= 11 is 0. The van der Waals surface area contributed by atoms with Crippen molar-refractivity contribution in [2.24, 2.45) is 0 Å². The highest BCUT2D eigenvalue weighted by Crippen LogP contribution is 2.41. The summed E-state index contributed by atoms with van der Waals surface area (Å²) in [6, 6.07) is 24.1. The molecule has 0 radical (unpaired) electrons. The number of hydrogen-bond acceptors (Lipinski definition) is 3. The van der Waals surface area contributed by atoms with Gasteiger partial charge < -0.3 is 20.2 Å². The van der Waals surface area contributed by atoms with Crippen molar-refractivity contribution < 1.29 is 23.8 Å². The lowest BCUT2D eigenvalue weighted by Gasteiger charge is -2.46. The van der Waals surface area contributed by atoms with E-state index in [9.17, 15) is 18.4 Å². The number of carbonyl (C=O) groups excluding carboxylic acids is 2. The summed E-state index contributed by atoms with van der Waals surface area (Å²) in [5, 5.41) is 0. The highest BCUT2D eigenvalue weighted by Gasteiger charge is 2.45. The third-order valence-electron chi connectivity index (χ3n) is 9.17. The van der Waals surface area contributed by atoms with E-state index in [0.717, 1.165) is 36.3 Å². The van der Waals surface area contributed by atoms with Crippen molar-refractivity contribution in [3.8, 4) is 0 Å². The maximum absolute atomic E-state index is 14.5. The van der Waals surface area contributed by atoms with E-state index in [-0.39, 0.29) is 29.7 Å². The van der Waals surface area contributed by atoms with Crippen molar-refractivity contribution in [1.82, 2.24) is 14.7 Å². The van der Waals surface area contributed by atoms with Gasteiger partial charge in [0.05, 0.1) is 5.41 Å². The van der Waals surface area contributed by atoms with Crippen LogP contribution in [0, 0.1) is 11.6 Å². The Kier molecular flexibility index (Phi) is 11.5. The number of rotatable bonds is 8. The van der Waals surface area contributed by atoms with Gasteiger partial charge >= 0.3 is 0 Å². The molecule has 6 nitrogen and oxygen atoms in total. The second-order valence-corrected chi connectivity index (χ2v) is 11.9. The number of carbonyl (C=O) groups is 2. The average molecular weight is 614 g/mol. The first-order valence-corrected chi connectivity index (χ1v) is 14.5. The highest BCUT2D eigenvalue weighted by molar-refractivity contribution is 5.88. The molecule has 0 saturated carbocycles. The number of nitrogens with zero attached hydrogens (tertiary/aromatic N) is 3. The minimum atomic E-state index is -0.865. The van der Waals surface area contributed by atoms with Crippen LogP contribution in [0.4, 0.5) is 8.78 Å². The molecule has 232 valence electrons. The van der Waals surface area contributed by atoms with Crippen LogP contribution in [0.3, 0.4) is 0 Å². The first-order chi connectivity index (χ1) is 19.7. The molecule has 2 aliphatic rings. The zero-order valence-electron chi connectivity index (χ0n) is 24.9. The average Bonchev–Trinajstić information content (AvgIpc) is 3.00. The minimum absolute atomic E-state index is 0. The molecule has 1 unspecified atom stereocenters. The third-order valence-corrected chi connectivity index (χ3v) is 9.17. The maximum atomic E-state index is 14.5. The predicted octanol–water partition coefficient (Wildman–Crippen LogP) is 5.13. The van der Waals surface area contributed by atoms with Crippen molar-refractivity contribution in [1.29, 1.82) is 0 Å². The van der Waals surface area contributed by atoms with Gasteiger partial charge in [-0.3, -0.25) is 9.59 Å². The summed E-state index contributed by atoms with van der Waals surface area (Å²) in [4.78, 5) is 32.4. The number of amides is 2. The lowest BCUT2D eigenvalue weighted by Crippen LogP contribution is -2.53. The Bertz CT molecular complexity index is 1370. The van der Waals surface area contributed by atoms with Crippen LogP contribution < -0.4 is 0 Å². The first kappa shape index (κ1) is 34.2. The molecule has 0 spiro atoms. The summed E-state index contributed by atoms with van der Waals surface area (Å²) in [7, 11) is 3.63. The first-order valence-electron chi connectivity index (χ1n) is 14.5. The van der Waals surface area contributed by atoms with E-state index in [1.54, 1.807) is 11.0 Å². The molecule has 43 heavy (non-hydrogen) atoms.